The minimum Gasteiger partial charge on any atom is -0.367 e. The Morgan fingerprint density at radius 1 is 1.33 bits per heavy atom. The van der Waals surface area contributed by atoms with E-state index in [-0.39, 0.29) is 11.6 Å². The largest absolute Gasteiger partial charge is 0.418 e. The molecule has 102 valence electrons. The quantitative estimate of drug-likeness (QED) is 0.879. The summed E-state index contributed by atoms with van der Waals surface area (Å²) < 4.78 is 42.7. The van der Waals surface area contributed by atoms with Crippen molar-refractivity contribution in [1.82, 2.24) is 5.32 Å². The molecular weight excluding hydrogens is 243 g/mol. The van der Waals surface area contributed by atoms with Crippen LogP contribution in [0.4, 0.5) is 13.2 Å². The van der Waals surface area contributed by atoms with Crippen LogP contribution in [-0.2, 0) is 11.2 Å². The first-order valence-electron chi connectivity index (χ1n) is 5.74. The topological polar surface area (TPSA) is 21.3 Å². The highest BCUT2D eigenvalue weighted by Gasteiger charge is 2.41. The maximum atomic E-state index is 12.7. The highest BCUT2D eigenvalue weighted by Crippen LogP contribution is 2.35. The molecule has 0 aliphatic heterocycles. The Kier molecular flexibility index (Phi) is 5.16. The Balaban J connectivity index is 2.93. The van der Waals surface area contributed by atoms with Crippen molar-refractivity contribution in [3.05, 3.63) is 35.4 Å². The Morgan fingerprint density at radius 2 is 2.00 bits per heavy atom. The van der Waals surface area contributed by atoms with Crippen LogP contribution in [-0.4, -0.2) is 26.4 Å². The summed E-state index contributed by atoms with van der Waals surface area (Å²) in [5.41, 5.74) is 1.01. The van der Waals surface area contributed by atoms with Crippen molar-refractivity contribution < 1.29 is 17.9 Å². The van der Waals surface area contributed by atoms with Crippen LogP contribution < -0.4 is 5.32 Å². The van der Waals surface area contributed by atoms with Gasteiger partial charge in [0.15, 0.2) is 6.10 Å². The van der Waals surface area contributed by atoms with Gasteiger partial charge >= 0.3 is 6.18 Å². The first-order chi connectivity index (χ1) is 8.38. The van der Waals surface area contributed by atoms with Gasteiger partial charge in [-0.05, 0) is 31.5 Å². The van der Waals surface area contributed by atoms with E-state index in [1.807, 2.05) is 20.0 Å². The normalized spacial score (nSPS) is 15.4. The monoisotopic (exact) mass is 261 g/mol. The summed E-state index contributed by atoms with van der Waals surface area (Å²) >= 11 is 0. The number of methoxy groups -OCH3 is 1. The van der Waals surface area contributed by atoms with Crippen LogP contribution in [0, 0.1) is 0 Å². The lowest BCUT2D eigenvalue weighted by Crippen LogP contribution is -2.24. The Labute approximate surface area is 105 Å². The van der Waals surface area contributed by atoms with E-state index in [2.05, 4.69) is 10.1 Å². The smallest absolute Gasteiger partial charge is 0.367 e. The number of nitrogens with one attached hydrogen (secondary N) is 1. The minimum absolute atomic E-state index is 0.144. The van der Waals surface area contributed by atoms with E-state index in [0.717, 1.165) is 12.7 Å². The Morgan fingerprint density at radius 3 is 2.50 bits per heavy atom. The highest BCUT2D eigenvalue weighted by molar-refractivity contribution is 5.26. The zero-order valence-electron chi connectivity index (χ0n) is 10.7. The van der Waals surface area contributed by atoms with Crippen molar-refractivity contribution in [2.75, 3.05) is 14.2 Å². The van der Waals surface area contributed by atoms with Crippen LogP contribution >= 0.6 is 0 Å². The molecule has 0 aromatic heterocycles. The molecule has 0 saturated heterocycles. The average molecular weight is 261 g/mol. The lowest BCUT2D eigenvalue weighted by atomic mass is 10.0. The zero-order chi connectivity index (χ0) is 13.8. The molecule has 1 rings (SSSR count). The zero-order valence-corrected chi connectivity index (χ0v) is 10.7. The molecule has 2 nitrogen and oxygen atoms in total. The molecule has 1 aromatic carbocycles. The minimum atomic E-state index is -4.39. The molecular formula is C13H18F3NO. The fourth-order valence-corrected chi connectivity index (χ4v) is 1.80. The molecule has 18 heavy (non-hydrogen) atoms. The summed E-state index contributed by atoms with van der Waals surface area (Å²) in [5.74, 6) is 0. The molecule has 0 fully saturated rings. The average Bonchev–Trinajstić information content (AvgIpc) is 2.28. The van der Waals surface area contributed by atoms with Gasteiger partial charge in [-0.1, -0.05) is 24.3 Å². The Bertz CT molecular complexity index is 379. The molecule has 5 heteroatoms. The van der Waals surface area contributed by atoms with Gasteiger partial charge < -0.3 is 10.1 Å². The van der Waals surface area contributed by atoms with Gasteiger partial charge in [0.05, 0.1) is 0 Å². The van der Waals surface area contributed by atoms with E-state index in [0.29, 0.717) is 6.42 Å². The van der Waals surface area contributed by atoms with Crippen molar-refractivity contribution in [2.24, 2.45) is 0 Å². The summed E-state index contributed by atoms with van der Waals surface area (Å²) in [6, 6.07) is 6.66. The second kappa shape index (κ2) is 6.20. The number of rotatable bonds is 5. The summed E-state index contributed by atoms with van der Waals surface area (Å²) in [6.07, 6.45) is -5.57. The number of likely N-dealkylation sites (N-methyl/N-ethyl adjacent to an activating group) is 1. The number of hydrogen-bond acceptors (Lipinski definition) is 2. The molecule has 1 N–H and O–H groups in total. The van der Waals surface area contributed by atoms with E-state index in [4.69, 9.17) is 0 Å². The fraction of sp³-hybridized carbons (Fsp3) is 0.538. The van der Waals surface area contributed by atoms with E-state index in [9.17, 15) is 13.2 Å². The van der Waals surface area contributed by atoms with Crippen LogP contribution in [0.1, 0.15) is 24.2 Å². The maximum absolute atomic E-state index is 12.7. The summed E-state index contributed by atoms with van der Waals surface area (Å²) in [4.78, 5) is 0. The number of hydrogen-bond donors (Lipinski definition) is 1. The number of ether oxygens (including phenoxy) is 1. The van der Waals surface area contributed by atoms with Crippen LogP contribution in [0.25, 0.3) is 0 Å². The van der Waals surface area contributed by atoms with E-state index < -0.39 is 12.3 Å². The molecule has 0 saturated carbocycles. The molecule has 0 radical (unpaired) electrons. The van der Waals surface area contributed by atoms with E-state index in [1.165, 1.54) is 6.07 Å². The summed E-state index contributed by atoms with van der Waals surface area (Å²) in [6.45, 7) is 1.98. The van der Waals surface area contributed by atoms with Gasteiger partial charge in [-0.2, -0.15) is 13.2 Å². The predicted molar refractivity (Wildman–Crippen MR) is 64.5 cm³/mol. The molecule has 1 aromatic rings. The number of halogens is 3. The third kappa shape index (κ3) is 3.99. The maximum Gasteiger partial charge on any atom is 0.418 e. The molecule has 0 bridgehead atoms. The van der Waals surface area contributed by atoms with Gasteiger partial charge in [0.1, 0.15) is 0 Å². The van der Waals surface area contributed by atoms with Gasteiger partial charge in [-0.25, -0.2) is 0 Å². The van der Waals surface area contributed by atoms with Gasteiger partial charge in [-0.15, -0.1) is 0 Å². The van der Waals surface area contributed by atoms with Crippen molar-refractivity contribution >= 4 is 0 Å². The highest BCUT2D eigenvalue weighted by atomic mass is 19.4. The molecule has 0 aliphatic rings. The third-order valence-corrected chi connectivity index (χ3v) is 2.82. The van der Waals surface area contributed by atoms with Crippen LogP contribution in [0.2, 0.25) is 0 Å². The second-order valence-corrected chi connectivity index (χ2v) is 4.30. The summed E-state index contributed by atoms with van der Waals surface area (Å²) in [7, 11) is 2.89. The van der Waals surface area contributed by atoms with Gasteiger partial charge in [0.25, 0.3) is 0 Å². The first-order valence-corrected chi connectivity index (χ1v) is 5.74. The van der Waals surface area contributed by atoms with Crippen molar-refractivity contribution in [1.29, 1.82) is 0 Å². The summed E-state index contributed by atoms with van der Waals surface area (Å²) in [5, 5.41) is 3.05. The van der Waals surface area contributed by atoms with E-state index >= 15 is 0 Å². The van der Waals surface area contributed by atoms with Crippen LogP contribution in [0.15, 0.2) is 24.3 Å². The van der Waals surface area contributed by atoms with Gasteiger partial charge in [-0.3, -0.25) is 0 Å². The predicted octanol–water partition coefficient (Wildman–Crippen LogP) is 3.09. The van der Waals surface area contributed by atoms with Gasteiger partial charge in [0.2, 0.25) is 0 Å². The van der Waals surface area contributed by atoms with E-state index in [1.54, 1.807) is 12.1 Å². The lowest BCUT2D eigenvalue weighted by Gasteiger charge is -2.20. The molecule has 0 amide bonds. The van der Waals surface area contributed by atoms with Crippen molar-refractivity contribution in [2.45, 2.75) is 31.7 Å². The van der Waals surface area contributed by atoms with Crippen molar-refractivity contribution in [3.8, 4) is 0 Å². The third-order valence-electron chi connectivity index (χ3n) is 2.82. The number of alkyl halides is 3. The first kappa shape index (κ1) is 15.0. The standard InChI is InChI=1S/C13H18F3NO/c1-9(17-2)7-10-5-4-6-11(8-10)12(18-3)13(14,15)16/h4-6,8-9,12,17H,7H2,1-3H3. The van der Waals surface area contributed by atoms with Crippen molar-refractivity contribution in [3.63, 3.8) is 0 Å². The molecule has 0 heterocycles. The Hall–Kier alpha value is -1.07. The fourth-order valence-electron chi connectivity index (χ4n) is 1.80. The molecule has 0 aliphatic carbocycles. The second-order valence-electron chi connectivity index (χ2n) is 4.30. The van der Waals surface area contributed by atoms with Crippen LogP contribution in [0.5, 0.6) is 0 Å². The molecule has 0 spiro atoms. The molecule has 2 unspecified atom stereocenters. The SMILES string of the molecule is CNC(C)Cc1cccc(C(OC)C(F)(F)F)c1. The lowest BCUT2D eigenvalue weighted by molar-refractivity contribution is -0.215. The molecule has 2 atom stereocenters. The number of benzene rings is 1. The van der Waals surface area contributed by atoms with Crippen LogP contribution in [0.3, 0.4) is 0 Å². The van der Waals surface area contributed by atoms with Gasteiger partial charge in [0, 0.05) is 13.2 Å².